The van der Waals surface area contributed by atoms with Gasteiger partial charge in [0.15, 0.2) is 0 Å². The highest BCUT2D eigenvalue weighted by molar-refractivity contribution is 9.10. The Morgan fingerprint density at radius 3 is 2.67 bits per heavy atom. The molecule has 0 aliphatic rings. The zero-order valence-electron chi connectivity index (χ0n) is 11.4. The van der Waals surface area contributed by atoms with E-state index in [4.69, 9.17) is 23.1 Å². The number of primary amides is 1. The second kappa shape index (κ2) is 6.37. The summed E-state index contributed by atoms with van der Waals surface area (Å²) in [5.74, 6) is -0.469. The molecule has 0 atom stereocenters. The highest BCUT2D eigenvalue weighted by Gasteiger charge is 2.14. The van der Waals surface area contributed by atoms with E-state index in [2.05, 4.69) is 15.9 Å². The Labute approximate surface area is 136 Å². The molecule has 0 fully saturated rings. The van der Waals surface area contributed by atoms with E-state index in [-0.39, 0.29) is 0 Å². The van der Waals surface area contributed by atoms with Gasteiger partial charge in [-0.1, -0.05) is 27.5 Å². The van der Waals surface area contributed by atoms with Crippen LogP contribution in [0.25, 0.3) is 0 Å². The Bertz CT molecular complexity index is 691. The molecule has 1 amide bonds. The summed E-state index contributed by atoms with van der Waals surface area (Å²) in [6, 6.07) is 10.7. The van der Waals surface area contributed by atoms with Gasteiger partial charge in [0.25, 0.3) is 5.91 Å². The van der Waals surface area contributed by atoms with E-state index in [0.29, 0.717) is 22.8 Å². The summed E-state index contributed by atoms with van der Waals surface area (Å²) in [6.07, 6.45) is 0. The molecule has 0 radical (unpaired) electrons. The largest absolute Gasteiger partial charge is 0.399 e. The molecule has 0 aliphatic heterocycles. The predicted octanol–water partition coefficient (Wildman–Crippen LogP) is 3.42. The van der Waals surface area contributed by atoms with Gasteiger partial charge in [-0.3, -0.25) is 4.79 Å². The minimum absolute atomic E-state index is 0.459. The maximum Gasteiger partial charge on any atom is 0.250 e. The number of carbonyl (C=O) groups excluding carboxylic acids is 1. The Morgan fingerprint density at radius 2 is 2.00 bits per heavy atom. The summed E-state index contributed by atoms with van der Waals surface area (Å²) in [5.41, 5.74) is 13.9. The standard InChI is InChI=1S/C15H15BrClN3O/c1-20(8-9-6-11(18)3-5-13(9)17)14-7-10(16)2-4-12(14)15(19)21/h2-7H,8,18H2,1H3,(H2,19,21). The third-order valence-electron chi connectivity index (χ3n) is 3.11. The van der Waals surface area contributed by atoms with Crippen LogP contribution in [0.4, 0.5) is 11.4 Å². The first-order valence-electron chi connectivity index (χ1n) is 6.23. The van der Waals surface area contributed by atoms with Crippen LogP contribution in [0, 0.1) is 0 Å². The van der Waals surface area contributed by atoms with E-state index < -0.39 is 5.91 Å². The maximum atomic E-state index is 11.5. The molecule has 4 nitrogen and oxygen atoms in total. The first-order chi connectivity index (χ1) is 9.88. The molecule has 4 N–H and O–H groups in total. The molecular formula is C15H15BrClN3O. The fraction of sp³-hybridized carbons (Fsp3) is 0.133. The van der Waals surface area contributed by atoms with Crippen LogP contribution in [-0.4, -0.2) is 13.0 Å². The number of halogens is 2. The monoisotopic (exact) mass is 367 g/mol. The molecular weight excluding hydrogens is 354 g/mol. The van der Waals surface area contributed by atoms with Crippen molar-refractivity contribution < 1.29 is 4.79 Å². The number of carbonyl (C=O) groups is 1. The van der Waals surface area contributed by atoms with Crippen LogP contribution in [0.3, 0.4) is 0 Å². The number of nitrogens with two attached hydrogens (primary N) is 2. The third-order valence-corrected chi connectivity index (χ3v) is 3.98. The Morgan fingerprint density at radius 1 is 1.29 bits per heavy atom. The first-order valence-corrected chi connectivity index (χ1v) is 7.40. The zero-order chi connectivity index (χ0) is 15.6. The summed E-state index contributed by atoms with van der Waals surface area (Å²) in [7, 11) is 1.87. The minimum atomic E-state index is -0.469. The molecule has 2 aromatic carbocycles. The van der Waals surface area contributed by atoms with E-state index >= 15 is 0 Å². The van der Waals surface area contributed by atoms with Gasteiger partial charge in [-0.05, 0) is 42.0 Å². The molecule has 0 aliphatic carbocycles. The van der Waals surface area contributed by atoms with Crippen molar-refractivity contribution in [3.05, 3.63) is 57.0 Å². The summed E-state index contributed by atoms with van der Waals surface area (Å²) in [6.45, 7) is 0.514. The minimum Gasteiger partial charge on any atom is -0.399 e. The molecule has 6 heteroatoms. The van der Waals surface area contributed by atoms with E-state index in [1.165, 1.54) is 0 Å². The lowest BCUT2D eigenvalue weighted by molar-refractivity contribution is 0.100. The molecule has 0 unspecified atom stereocenters. The molecule has 21 heavy (non-hydrogen) atoms. The van der Waals surface area contributed by atoms with E-state index in [0.717, 1.165) is 15.7 Å². The van der Waals surface area contributed by atoms with Gasteiger partial charge < -0.3 is 16.4 Å². The lowest BCUT2D eigenvalue weighted by Crippen LogP contribution is -2.22. The number of rotatable bonds is 4. The number of nitrogens with zero attached hydrogens (tertiary/aromatic N) is 1. The van der Waals surface area contributed by atoms with Gasteiger partial charge in [0, 0.05) is 28.8 Å². The Kier molecular flexibility index (Phi) is 4.75. The van der Waals surface area contributed by atoms with Crippen molar-refractivity contribution in [2.75, 3.05) is 17.7 Å². The van der Waals surface area contributed by atoms with Crippen LogP contribution < -0.4 is 16.4 Å². The average molecular weight is 369 g/mol. The normalized spacial score (nSPS) is 10.4. The number of benzene rings is 2. The number of hydrogen-bond donors (Lipinski definition) is 2. The molecule has 0 saturated carbocycles. The van der Waals surface area contributed by atoms with Gasteiger partial charge in [0.05, 0.1) is 11.3 Å². The van der Waals surface area contributed by atoms with Crippen LogP contribution in [0.1, 0.15) is 15.9 Å². The van der Waals surface area contributed by atoms with Crippen LogP contribution >= 0.6 is 27.5 Å². The lowest BCUT2D eigenvalue weighted by Gasteiger charge is -2.22. The van der Waals surface area contributed by atoms with Gasteiger partial charge >= 0.3 is 0 Å². The Hall–Kier alpha value is -1.72. The molecule has 0 heterocycles. The van der Waals surface area contributed by atoms with Crippen molar-refractivity contribution in [1.29, 1.82) is 0 Å². The van der Waals surface area contributed by atoms with Crippen molar-refractivity contribution in [1.82, 2.24) is 0 Å². The van der Waals surface area contributed by atoms with Gasteiger partial charge in [-0.15, -0.1) is 0 Å². The molecule has 2 aromatic rings. The molecule has 0 spiro atoms. The van der Waals surface area contributed by atoms with Crippen molar-refractivity contribution in [3.63, 3.8) is 0 Å². The van der Waals surface area contributed by atoms with Gasteiger partial charge in [0.1, 0.15) is 0 Å². The topological polar surface area (TPSA) is 72.3 Å². The van der Waals surface area contributed by atoms with E-state index in [1.54, 1.807) is 24.3 Å². The second-order valence-corrected chi connectivity index (χ2v) is 6.06. The Balaban J connectivity index is 2.36. The summed E-state index contributed by atoms with van der Waals surface area (Å²) >= 11 is 9.58. The molecule has 0 aromatic heterocycles. The van der Waals surface area contributed by atoms with E-state index in [1.807, 2.05) is 24.1 Å². The fourth-order valence-electron chi connectivity index (χ4n) is 2.09. The number of amides is 1. The molecule has 0 saturated heterocycles. The average Bonchev–Trinajstić information content (AvgIpc) is 2.42. The smallest absolute Gasteiger partial charge is 0.250 e. The predicted molar refractivity (Wildman–Crippen MR) is 90.6 cm³/mol. The second-order valence-electron chi connectivity index (χ2n) is 4.73. The summed E-state index contributed by atoms with van der Waals surface area (Å²) in [4.78, 5) is 13.5. The van der Waals surface area contributed by atoms with Crippen LogP contribution in [-0.2, 0) is 6.54 Å². The van der Waals surface area contributed by atoms with Crippen molar-refractivity contribution in [3.8, 4) is 0 Å². The SMILES string of the molecule is CN(Cc1cc(N)ccc1Cl)c1cc(Br)ccc1C(N)=O. The number of hydrogen-bond acceptors (Lipinski definition) is 3. The van der Waals surface area contributed by atoms with Gasteiger partial charge in [-0.2, -0.15) is 0 Å². The number of nitrogen functional groups attached to an aromatic ring is 1. The van der Waals surface area contributed by atoms with Crippen LogP contribution in [0.15, 0.2) is 40.9 Å². The number of anilines is 2. The highest BCUT2D eigenvalue weighted by Crippen LogP contribution is 2.27. The van der Waals surface area contributed by atoms with Crippen molar-refractivity contribution in [2.45, 2.75) is 6.54 Å². The van der Waals surface area contributed by atoms with Gasteiger partial charge in [-0.25, -0.2) is 0 Å². The first kappa shape index (κ1) is 15.7. The molecule has 2 rings (SSSR count). The highest BCUT2D eigenvalue weighted by atomic mass is 79.9. The van der Waals surface area contributed by atoms with Gasteiger partial charge in [0.2, 0.25) is 0 Å². The zero-order valence-corrected chi connectivity index (χ0v) is 13.8. The summed E-state index contributed by atoms with van der Waals surface area (Å²) in [5, 5.41) is 0.631. The van der Waals surface area contributed by atoms with Crippen molar-refractivity contribution in [2.24, 2.45) is 5.73 Å². The third kappa shape index (κ3) is 3.68. The molecule has 110 valence electrons. The maximum absolute atomic E-state index is 11.5. The molecule has 0 bridgehead atoms. The van der Waals surface area contributed by atoms with Crippen LogP contribution in [0.2, 0.25) is 5.02 Å². The quantitative estimate of drug-likeness (QED) is 0.812. The van der Waals surface area contributed by atoms with Crippen molar-refractivity contribution >= 4 is 44.8 Å². The lowest BCUT2D eigenvalue weighted by atomic mass is 10.1. The fourth-order valence-corrected chi connectivity index (χ4v) is 2.61. The van der Waals surface area contributed by atoms with Crippen LogP contribution in [0.5, 0.6) is 0 Å². The van der Waals surface area contributed by atoms with E-state index in [9.17, 15) is 4.79 Å². The summed E-state index contributed by atoms with van der Waals surface area (Å²) < 4.78 is 0.869.